The van der Waals surface area contributed by atoms with E-state index >= 15 is 0 Å². The van der Waals surface area contributed by atoms with Crippen molar-refractivity contribution in [2.75, 3.05) is 18.5 Å². The van der Waals surface area contributed by atoms with Crippen LogP contribution in [-0.4, -0.2) is 30.1 Å². The van der Waals surface area contributed by atoms with Gasteiger partial charge < -0.3 is 20.5 Å². The van der Waals surface area contributed by atoms with Crippen LogP contribution in [0.5, 0.6) is 11.5 Å². The molecule has 0 aliphatic carbocycles. The number of aryl methyl sites for hydroxylation is 1. The second kappa shape index (κ2) is 7.84. The number of anilines is 1. The fourth-order valence-corrected chi connectivity index (χ4v) is 1.84. The maximum absolute atomic E-state index is 11.8. The number of ether oxygens (including phenoxy) is 1. The zero-order valence-corrected chi connectivity index (χ0v) is 12.7. The number of phenolic OH excluding ortho intramolecular Hbond substituents is 1. The molecule has 2 rings (SSSR count). The second-order valence-electron chi connectivity index (χ2n) is 4.95. The molecule has 2 aromatic rings. The van der Waals surface area contributed by atoms with Gasteiger partial charge in [-0.05, 0) is 36.8 Å². The number of para-hydroxylation sites is 1. The molecule has 0 bridgehead atoms. The minimum Gasteiger partial charge on any atom is -0.506 e. The van der Waals surface area contributed by atoms with Gasteiger partial charge in [-0.3, -0.25) is 9.59 Å². The van der Waals surface area contributed by atoms with E-state index in [-0.39, 0.29) is 18.9 Å². The van der Waals surface area contributed by atoms with E-state index in [1.165, 1.54) is 0 Å². The lowest BCUT2D eigenvalue weighted by molar-refractivity contribution is -0.125. The number of amides is 2. The number of carbonyl (C=O) groups is 2. The van der Waals surface area contributed by atoms with Crippen LogP contribution in [0.25, 0.3) is 0 Å². The van der Waals surface area contributed by atoms with Crippen LogP contribution >= 0.6 is 0 Å². The molecule has 0 aliphatic heterocycles. The summed E-state index contributed by atoms with van der Waals surface area (Å²) < 4.78 is 5.27. The lowest BCUT2D eigenvalue weighted by Gasteiger charge is -2.09. The third kappa shape index (κ3) is 5.35. The van der Waals surface area contributed by atoms with Gasteiger partial charge in [0.1, 0.15) is 11.5 Å². The Morgan fingerprint density at radius 2 is 1.83 bits per heavy atom. The molecule has 3 N–H and O–H groups in total. The topological polar surface area (TPSA) is 87.7 Å². The largest absolute Gasteiger partial charge is 0.506 e. The first kappa shape index (κ1) is 16.4. The summed E-state index contributed by atoms with van der Waals surface area (Å²) in [4.78, 5) is 23.4. The average molecular weight is 314 g/mol. The Bertz CT molecular complexity index is 686. The molecule has 0 saturated carbocycles. The molecule has 6 nitrogen and oxygen atoms in total. The molecule has 0 aromatic heterocycles. The summed E-state index contributed by atoms with van der Waals surface area (Å²) in [7, 11) is 0. The van der Waals surface area contributed by atoms with Crippen LogP contribution in [0.1, 0.15) is 5.56 Å². The smallest absolute Gasteiger partial charge is 0.258 e. The van der Waals surface area contributed by atoms with Crippen molar-refractivity contribution in [3.63, 3.8) is 0 Å². The molecule has 2 amide bonds. The molecule has 23 heavy (non-hydrogen) atoms. The SMILES string of the molecule is Cc1ccc(NC(=O)CNC(=O)COc2ccccc2)c(O)c1. The van der Waals surface area contributed by atoms with Crippen molar-refractivity contribution in [1.82, 2.24) is 5.32 Å². The molecule has 0 saturated heterocycles. The molecule has 0 radical (unpaired) electrons. The van der Waals surface area contributed by atoms with E-state index in [4.69, 9.17) is 4.74 Å². The fraction of sp³-hybridized carbons (Fsp3) is 0.176. The predicted molar refractivity (Wildman–Crippen MR) is 86.4 cm³/mol. The van der Waals surface area contributed by atoms with E-state index in [1.54, 1.807) is 42.5 Å². The van der Waals surface area contributed by atoms with Crippen molar-refractivity contribution in [3.05, 3.63) is 54.1 Å². The van der Waals surface area contributed by atoms with Gasteiger partial charge >= 0.3 is 0 Å². The highest BCUT2D eigenvalue weighted by Gasteiger charge is 2.09. The summed E-state index contributed by atoms with van der Waals surface area (Å²) >= 11 is 0. The van der Waals surface area contributed by atoms with Crippen molar-refractivity contribution < 1.29 is 19.4 Å². The molecule has 0 heterocycles. The zero-order chi connectivity index (χ0) is 16.7. The Morgan fingerprint density at radius 3 is 2.52 bits per heavy atom. The molecule has 6 heteroatoms. The van der Waals surface area contributed by atoms with Gasteiger partial charge in [0, 0.05) is 0 Å². The summed E-state index contributed by atoms with van der Waals surface area (Å²) in [5.41, 5.74) is 1.18. The molecule has 0 spiro atoms. The summed E-state index contributed by atoms with van der Waals surface area (Å²) in [6, 6.07) is 13.8. The zero-order valence-electron chi connectivity index (χ0n) is 12.7. The summed E-state index contributed by atoms with van der Waals surface area (Å²) in [6.45, 7) is 1.45. The lowest BCUT2D eigenvalue weighted by atomic mass is 10.2. The van der Waals surface area contributed by atoms with E-state index in [1.807, 2.05) is 13.0 Å². The highest BCUT2D eigenvalue weighted by molar-refractivity contribution is 5.95. The molecule has 120 valence electrons. The molecule has 0 atom stereocenters. The van der Waals surface area contributed by atoms with E-state index in [0.717, 1.165) is 5.56 Å². The number of hydrogen-bond acceptors (Lipinski definition) is 4. The maximum atomic E-state index is 11.8. The van der Waals surface area contributed by atoms with Crippen LogP contribution < -0.4 is 15.4 Å². The first-order valence-corrected chi connectivity index (χ1v) is 7.08. The van der Waals surface area contributed by atoms with Crippen LogP contribution in [-0.2, 0) is 9.59 Å². The molecule has 0 aliphatic rings. The Labute approximate surface area is 134 Å². The standard InChI is InChI=1S/C17H18N2O4/c1-12-7-8-14(15(20)9-12)19-16(21)10-18-17(22)11-23-13-5-3-2-4-6-13/h2-9,20H,10-11H2,1H3,(H,18,22)(H,19,21). The Balaban J connectivity index is 1.74. The van der Waals surface area contributed by atoms with E-state index in [9.17, 15) is 14.7 Å². The highest BCUT2D eigenvalue weighted by Crippen LogP contribution is 2.23. The molecular weight excluding hydrogens is 296 g/mol. The van der Waals surface area contributed by atoms with Crippen molar-refractivity contribution in [2.45, 2.75) is 6.92 Å². The van der Waals surface area contributed by atoms with Crippen LogP contribution in [0.2, 0.25) is 0 Å². The molecule has 0 unspecified atom stereocenters. The van der Waals surface area contributed by atoms with Crippen molar-refractivity contribution >= 4 is 17.5 Å². The van der Waals surface area contributed by atoms with Gasteiger partial charge in [0.15, 0.2) is 6.61 Å². The molecular formula is C17H18N2O4. The number of phenols is 1. The minimum absolute atomic E-state index is 0.0166. The van der Waals surface area contributed by atoms with Crippen molar-refractivity contribution in [3.8, 4) is 11.5 Å². The summed E-state index contributed by atoms with van der Waals surface area (Å²) in [6.07, 6.45) is 0. The first-order valence-electron chi connectivity index (χ1n) is 7.08. The van der Waals surface area contributed by atoms with Gasteiger partial charge in [0.25, 0.3) is 5.91 Å². The predicted octanol–water partition coefficient (Wildman–Crippen LogP) is 1.83. The van der Waals surface area contributed by atoms with Crippen LogP contribution in [0.3, 0.4) is 0 Å². The number of nitrogens with one attached hydrogen (secondary N) is 2. The quantitative estimate of drug-likeness (QED) is 0.710. The number of carbonyl (C=O) groups excluding carboxylic acids is 2. The van der Waals surface area contributed by atoms with E-state index in [0.29, 0.717) is 11.4 Å². The normalized spacial score (nSPS) is 9.96. The number of aromatic hydroxyl groups is 1. The van der Waals surface area contributed by atoms with Gasteiger partial charge in [-0.2, -0.15) is 0 Å². The Hall–Kier alpha value is -3.02. The third-order valence-electron chi connectivity index (χ3n) is 2.99. The summed E-state index contributed by atoms with van der Waals surface area (Å²) in [5.74, 6) is -0.275. The van der Waals surface area contributed by atoms with E-state index in [2.05, 4.69) is 10.6 Å². The first-order chi connectivity index (χ1) is 11.0. The highest BCUT2D eigenvalue weighted by atomic mass is 16.5. The van der Waals surface area contributed by atoms with Gasteiger partial charge in [0.2, 0.25) is 5.91 Å². The second-order valence-corrected chi connectivity index (χ2v) is 4.95. The molecule has 2 aromatic carbocycles. The van der Waals surface area contributed by atoms with Crippen molar-refractivity contribution in [1.29, 1.82) is 0 Å². The number of rotatable bonds is 6. The lowest BCUT2D eigenvalue weighted by Crippen LogP contribution is -2.35. The fourth-order valence-electron chi connectivity index (χ4n) is 1.84. The van der Waals surface area contributed by atoms with E-state index < -0.39 is 11.8 Å². The van der Waals surface area contributed by atoms with Gasteiger partial charge in [-0.25, -0.2) is 0 Å². The third-order valence-corrected chi connectivity index (χ3v) is 2.99. The Morgan fingerprint density at radius 1 is 1.09 bits per heavy atom. The van der Waals surface area contributed by atoms with Crippen LogP contribution in [0.15, 0.2) is 48.5 Å². The van der Waals surface area contributed by atoms with Gasteiger partial charge in [0.05, 0.1) is 12.2 Å². The summed E-state index contributed by atoms with van der Waals surface area (Å²) in [5, 5.41) is 14.7. The Kier molecular flexibility index (Phi) is 5.57. The van der Waals surface area contributed by atoms with Crippen molar-refractivity contribution in [2.24, 2.45) is 0 Å². The molecule has 0 fully saturated rings. The number of benzene rings is 2. The average Bonchev–Trinajstić information content (AvgIpc) is 2.54. The van der Waals surface area contributed by atoms with Gasteiger partial charge in [-0.15, -0.1) is 0 Å². The van der Waals surface area contributed by atoms with Crippen LogP contribution in [0.4, 0.5) is 5.69 Å². The number of hydrogen-bond donors (Lipinski definition) is 3. The monoisotopic (exact) mass is 314 g/mol. The maximum Gasteiger partial charge on any atom is 0.258 e. The van der Waals surface area contributed by atoms with Crippen LogP contribution in [0, 0.1) is 6.92 Å². The minimum atomic E-state index is -0.433. The van der Waals surface area contributed by atoms with Gasteiger partial charge in [-0.1, -0.05) is 24.3 Å².